The Balaban J connectivity index is 1.06. The summed E-state index contributed by atoms with van der Waals surface area (Å²) in [5.41, 5.74) is 15.3. The second-order valence-corrected chi connectivity index (χ2v) is 15.5. The van der Waals surface area contributed by atoms with Gasteiger partial charge in [-0.2, -0.15) is 0 Å². The van der Waals surface area contributed by atoms with E-state index in [1.807, 2.05) is 18.2 Å². The van der Waals surface area contributed by atoms with Crippen LogP contribution in [0.25, 0.3) is 66.1 Å². The third-order valence-electron chi connectivity index (χ3n) is 12.6. The van der Waals surface area contributed by atoms with Crippen LogP contribution in [0.3, 0.4) is 0 Å². The molecule has 0 saturated carbocycles. The molecule has 4 nitrogen and oxygen atoms in total. The maximum Gasteiger partial charge on any atom is 0.159 e. The Hall–Kier alpha value is -7.82. The zero-order valence-electron chi connectivity index (χ0n) is 31.7. The number of anilines is 3. The van der Waals surface area contributed by atoms with Gasteiger partial charge in [-0.15, -0.1) is 0 Å². The summed E-state index contributed by atoms with van der Waals surface area (Å²) in [5.74, 6) is 1.75. The van der Waals surface area contributed by atoms with Gasteiger partial charge in [-0.05, 0) is 94.0 Å². The summed E-state index contributed by atoms with van der Waals surface area (Å²) < 4.78 is 19.7. The van der Waals surface area contributed by atoms with Gasteiger partial charge >= 0.3 is 0 Å². The molecule has 0 atom stereocenters. The van der Waals surface area contributed by atoms with E-state index in [1.54, 1.807) is 0 Å². The normalized spacial score (nSPS) is 13.4. The zero-order chi connectivity index (χ0) is 38.7. The number of benzene rings is 9. The fraction of sp³-hybridized carbons (Fsp3) is 0.0182. The summed E-state index contributed by atoms with van der Waals surface area (Å²) in [5, 5.41) is 4.42. The minimum atomic E-state index is -0.597. The fourth-order valence-electron chi connectivity index (χ4n) is 10.1. The minimum Gasteiger partial charge on any atom is -0.457 e. The molecule has 0 fully saturated rings. The van der Waals surface area contributed by atoms with Gasteiger partial charge in [0.1, 0.15) is 28.2 Å². The first-order chi connectivity index (χ1) is 29.3. The van der Waals surface area contributed by atoms with Crippen molar-refractivity contribution < 1.29 is 13.6 Å². The van der Waals surface area contributed by atoms with E-state index < -0.39 is 5.41 Å². The molecule has 2 aliphatic rings. The standard InChI is InChI=1S/C55H33NO3/c1-4-18-43-38(13-1)39-32-31-36(33-46(39)55(43)44-19-5-9-24-50(44)58-51-25-10-6-20-45(51)55)56(47-21-11-17-41-40-14-2-7-22-48(40)59-54(41)47)35-29-27-34(28-30-35)37-16-12-26-52-53(37)42-15-3-8-23-49(42)57-52/h1-33H. The Labute approximate surface area is 339 Å². The molecule has 11 aromatic rings. The lowest BCUT2D eigenvalue weighted by Gasteiger charge is -2.39. The molecule has 0 bridgehead atoms. The smallest absolute Gasteiger partial charge is 0.159 e. The van der Waals surface area contributed by atoms with Gasteiger partial charge in [0, 0.05) is 44.0 Å². The topological polar surface area (TPSA) is 38.8 Å². The number of fused-ring (bicyclic) bond motifs is 15. The molecule has 13 rings (SSSR count). The van der Waals surface area contributed by atoms with Crippen LogP contribution in [-0.4, -0.2) is 0 Å². The Morgan fingerprint density at radius 1 is 0.373 bits per heavy atom. The molecule has 276 valence electrons. The molecule has 3 heterocycles. The van der Waals surface area contributed by atoms with Gasteiger partial charge in [0.05, 0.1) is 11.1 Å². The second kappa shape index (κ2) is 12.1. The van der Waals surface area contributed by atoms with Crippen LogP contribution in [0, 0.1) is 0 Å². The van der Waals surface area contributed by atoms with Gasteiger partial charge in [-0.1, -0.05) is 140 Å². The number of para-hydroxylation sites is 5. The van der Waals surface area contributed by atoms with E-state index in [1.165, 1.54) is 22.3 Å². The number of hydrogen-bond acceptors (Lipinski definition) is 4. The molecule has 0 amide bonds. The van der Waals surface area contributed by atoms with Crippen molar-refractivity contribution in [1.82, 2.24) is 0 Å². The van der Waals surface area contributed by atoms with E-state index in [9.17, 15) is 0 Å². The lowest BCUT2D eigenvalue weighted by atomic mass is 9.66. The monoisotopic (exact) mass is 755 g/mol. The summed E-state index contributed by atoms with van der Waals surface area (Å²) in [6, 6.07) is 71.2. The molecule has 0 radical (unpaired) electrons. The highest BCUT2D eigenvalue weighted by Gasteiger charge is 2.51. The van der Waals surface area contributed by atoms with Crippen LogP contribution in [0.5, 0.6) is 11.5 Å². The van der Waals surface area contributed by atoms with Gasteiger partial charge in [-0.3, -0.25) is 0 Å². The van der Waals surface area contributed by atoms with Crippen LogP contribution in [0.4, 0.5) is 17.1 Å². The number of furan rings is 2. The van der Waals surface area contributed by atoms with Crippen LogP contribution in [0.15, 0.2) is 209 Å². The summed E-state index contributed by atoms with van der Waals surface area (Å²) in [6.07, 6.45) is 0. The summed E-state index contributed by atoms with van der Waals surface area (Å²) in [4.78, 5) is 2.36. The average molecular weight is 756 g/mol. The van der Waals surface area contributed by atoms with Gasteiger partial charge < -0.3 is 18.5 Å². The summed E-state index contributed by atoms with van der Waals surface area (Å²) >= 11 is 0. The number of hydrogen-bond donors (Lipinski definition) is 0. The maximum atomic E-state index is 6.76. The first kappa shape index (κ1) is 32.3. The van der Waals surface area contributed by atoms with Crippen molar-refractivity contribution in [3.63, 3.8) is 0 Å². The second-order valence-electron chi connectivity index (χ2n) is 15.5. The molecular weight excluding hydrogens is 723 g/mol. The van der Waals surface area contributed by atoms with E-state index in [4.69, 9.17) is 13.6 Å². The molecule has 1 aliphatic heterocycles. The SMILES string of the molecule is c1ccc2c(c1)Oc1ccccc1C21c2ccccc2-c2ccc(N(c3ccc(-c4cccc5oc6ccccc6c45)cc3)c3cccc4c3oc3ccccc34)cc21. The summed E-state index contributed by atoms with van der Waals surface area (Å²) in [6.45, 7) is 0. The predicted octanol–water partition coefficient (Wildman–Crippen LogP) is 15.1. The van der Waals surface area contributed by atoms with E-state index in [0.717, 1.165) is 94.7 Å². The van der Waals surface area contributed by atoms with Gasteiger partial charge in [-0.25, -0.2) is 0 Å². The molecule has 9 aromatic carbocycles. The molecular formula is C55H33NO3. The predicted molar refractivity (Wildman–Crippen MR) is 238 cm³/mol. The summed E-state index contributed by atoms with van der Waals surface area (Å²) in [7, 11) is 0. The zero-order valence-corrected chi connectivity index (χ0v) is 31.7. The van der Waals surface area contributed by atoms with Crippen molar-refractivity contribution in [3.05, 3.63) is 222 Å². The van der Waals surface area contributed by atoms with E-state index in [0.29, 0.717) is 0 Å². The molecule has 59 heavy (non-hydrogen) atoms. The largest absolute Gasteiger partial charge is 0.457 e. The highest BCUT2D eigenvalue weighted by atomic mass is 16.5. The Kier molecular flexibility index (Phi) is 6.62. The van der Waals surface area contributed by atoms with Gasteiger partial charge in [0.25, 0.3) is 0 Å². The van der Waals surface area contributed by atoms with E-state index in [2.05, 4.69) is 187 Å². The Bertz CT molecular complexity index is 3450. The number of nitrogens with zero attached hydrogens (tertiary/aromatic N) is 1. The highest BCUT2D eigenvalue weighted by molar-refractivity contribution is 6.13. The highest BCUT2D eigenvalue weighted by Crippen LogP contribution is 2.62. The van der Waals surface area contributed by atoms with Crippen LogP contribution in [0.1, 0.15) is 22.3 Å². The lowest BCUT2D eigenvalue weighted by Crippen LogP contribution is -2.32. The van der Waals surface area contributed by atoms with Crippen molar-refractivity contribution in [2.24, 2.45) is 0 Å². The van der Waals surface area contributed by atoms with Crippen LogP contribution in [0.2, 0.25) is 0 Å². The molecule has 1 aliphatic carbocycles. The van der Waals surface area contributed by atoms with E-state index >= 15 is 0 Å². The first-order valence-corrected chi connectivity index (χ1v) is 20.1. The lowest BCUT2D eigenvalue weighted by molar-refractivity contribution is 0.436. The molecule has 0 unspecified atom stereocenters. The molecule has 0 N–H and O–H groups in total. The van der Waals surface area contributed by atoms with Crippen molar-refractivity contribution in [2.45, 2.75) is 5.41 Å². The third-order valence-corrected chi connectivity index (χ3v) is 12.6. The Morgan fingerprint density at radius 3 is 1.75 bits per heavy atom. The quantitative estimate of drug-likeness (QED) is 0.179. The van der Waals surface area contributed by atoms with Crippen molar-refractivity contribution >= 4 is 60.9 Å². The number of rotatable bonds is 4. The number of ether oxygens (including phenoxy) is 1. The molecule has 0 saturated heterocycles. The van der Waals surface area contributed by atoms with Crippen molar-refractivity contribution in [3.8, 4) is 33.8 Å². The van der Waals surface area contributed by atoms with Crippen LogP contribution >= 0.6 is 0 Å². The van der Waals surface area contributed by atoms with Crippen LogP contribution < -0.4 is 9.64 Å². The fourth-order valence-corrected chi connectivity index (χ4v) is 10.1. The van der Waals surface area contributed by atoms with Gasteiger partial charge in [0.2, 0.25) is 0 Å². The molecule has 2 aromatic heterocycles. The van der Waals surface area contributed by atoms with Crippen molar-refractivity contribution in [2.75, 3.05) is 4.90 Å². The van der Waals surface area contributed by atoms with E-state index in [-0.39, 0.29) is 0 Å². The first-order valence-electron chi connectivity index (χ1n) is 20.1. The van der Waals surface area contributed by atoms with Crippen molar-refractivity contribution in [1.29, 1.82) is 0 Å². The maximum absolute atomic E-state index is 6.76. The molecule has 4 heteroatoms. The average Bonchev–Trinajstić information content (AvgIpc) is 3.96. The molecule has 1 spiro atoms. The minimum absolute atomic E-state index is 0.597. The third kappa shape index (κ3) is 4.43. The van der Waals surface area contributed by atoms with Crippen LogP contribution in [-0.2, 0) is 5.41 Å². The van der Waals surface area contributed by atoms with Gasteiger partial charge in [0.15, 0.2) is 5.58 Å². The Morgan fingerprint density at radius 2 is 0.949 bits per heavy atom.